The van der Waals surface area contributed by atoms with Gasteiger partial charge in [-0.15, -0.1) is 0 Å². The van der Waals surface area contributed by atoms with Crippen LogP contribution in [0.25, 0.3) is 11.0 Å². The van der Waals surface area contributed by atoms with Crippen LogP contribution in [0.3, 0.4) is 0 Å². The third-order valence-corrected chi connectivity index (χ3v) is 3.98. The Labute approximate surface area is 143 Å². The molecule has 0 bridgehead atoms. The molecule has 1 amide bonds. The summed E-state index contributed by atoms with van der Waals surface area (Å²) in [6, 6.07) is 10.9. The Bertz CT molecular complexity index is 961. The maximum atomic E-state index is 13.5. The quantitative estimate of drug-likeness (QED) is 0.663. The molecule has 7 heteroatoms. The number of imidazole rings is 1. The fourth-order valence-electron chi connectivity index (χ4n) is 2.84. The molecule has 0 aliphatic carbocycles. The molecule has 0 spiro atoms. The van der Waals surface area contributed by atoms with E-state index in [0.29, 0.717) is 23.1 Å². The molecule has 3 aromatic rings. The minimum Gasteiger partial charge on any atom is -0.350 e. The first kappa shape index (κ1) is 16.9. The molecule has 0 saturated carbocycles. The third-order valence-electron chi connectivity index (χ3n) is 3.98. The van der Waals surface area contributed by atoms with E-state index in [0.717, 1.165) is 5.56 Å². The Kier molecular flexibility index (Phi) is 4.67. The van der Waals surface area contributed by atoms with Crippen molar-refractivity contribution in [2.75, 3.05) is 14.1 Å². The first-order valence-electron chi connectivity index (χ1n) is 7.84. The summed E-state index contributed by atoms with van der Waals surface area (Å²) >= 11 is 0. The van der Waals surface area contributed by atoms with Crippen LogP contribution >= 0.6 is 0 Å². The van der Waals surface area contributed by atoms with Gasteiger partial charge in [0.15, 0.2) is 0 Å². The maximum absolute atomic E-state index is 13.5. The fraction of sp³-hybridized carbons (Fsp3) is 0.222. The maximum Gasteiger partial charge on any atom is 0.323 e. The fourth-order valence-corrected chi connectivity index (χ4v) is 2.84. The molecule has 0 aliphatic heterocycles. The summed E-state index contributed by atoms with van der Waals surface area (Å²) in [5.41, 5.74) is 2.58. The number of aromatic nitrogens is 2. The summed E-state index contributed by atoms with van der Waals surface area (Å²) in [6.45, 7) is 0.307. The number of H-pyrrole nitrogens is 2. The van der Waals surface area contributed by atoms with Gasteiger partial charge in [-0.25, -0.2) is 9.18 Å². The topological polar surface area (TPSA) is 81.0 Å². The number of carbonyl (C=O) groups is 1. The molecule has 3 rings (SSSR count). The van der Waals surface area contributed by atoms with Crippen molar-refractivity contribution in [1.82, 2.24) is 20.2 Å². The molecule has 25 heavy (non-hydrogen) atoms. The van der Waals surface area contributed by atoms with Crippen LogP contribution in [0, 0.1) is 5.82 Å². The molecule has 130 valence electrons. The van der Waals surface area contributed by atoms with Crippen LogP contribution in [0.4, 0.5) is 4.39 Å². The van der Waals surface area contributed by atoms with Crippen molar-refractivity contribution in [2.45, 2.75) is 12.6 Å². The summed E-state index contributed by atoms with van der Waals surface area (Å²) in [5, 5.41) is 2.86. The summed E-state index contributed by atoms with van der Waals surface area (Å²) < 4.78 is 13.5. The smallest absolute Gasteiger partial charge is 0.323 e. The van der Waals surface area contributed by atoms with Crippen molar-refractivity contribution in [3.8, 4) is 0 Å². The van der Waals surface area contributed by atoms with E-state index in [2.05, 4.69) is 15.3 Å². The molecule has 1 atom stereocenters. The highest BCUT2D eigenvalue weighted by molar-refractivity contribution is 5.83. The predicted octanol–water partition coefficient (Wildman–Crippen LogP) is 1.91. The van der Waals surface area contributed by atoms with Crippen LogP contribution in [0.1, 0.15) is 17.2 Å². The number of hydrogen-bond acceptors (Lipinski definition) is 3. The van der Waals surface area contributed by atoms with Crippen LogP contribution in [0.2, 0.25) is 0 Å². The van der Waals surface area contributed by atoms with E-state index in [1.165, 1.54) is 12.1 Å². The van der Waals surface area contributed by atoms with Crippen molar-refractivity contribution < 1.29 is 9.18 Å². The zero-order valence-electron chi connectivity index (χ0n) is 14.0. The normalized spacial score (nSPS) is 12.5. The minimum absolute atomic E-state index is 0.224. The van der Waals surface area contributed by atoms with Gasteiger partial charge in [-0.1, -0.05) is 18.2 Å². The monoisotopic (exact) mass is 342 g/mol. The Morgan fingerprint density at radius 1 is 1.16 bits per heavy atom. The van der Waals surface area contributed by atoms with Gasteiger partial charge in [0.2, 0.25) is 5.91 Å². The second-order valence-electron chi connectivity index (χ2n) is 6.10. The van der Waals surface area contributed by atoms with Gasteiger partial charge in [-0.2, -0.15) is 0 Å². The first-order chi connectivity index (χ1) is 11.9. The Hall–Kier alpha value is -2.93. The van der Waals surface area contributed by atoms with Gasteiger partial charge < -0.3 is 15.3 Å². The number of benzene rings is 2. The molecule has 0 aliphatic rings. The van der Waals surface area contributed by atoms with E-state index in [9.17, 15) is 14.0 Å². The number of nitrogens with zero attached hydrogens (tertiary/aromatic N) is 1. The first-order valence-corrected chi connectivity index (χ1v) is 7.84. The van der Waals surface area contributed by atoms with Crippen LogP contribution in [-0.2, 0) is 11.3 Å². The molecule has 2 aromatic carbocycles. The van der Waals surface area contributed by atoms with Crippen molar-refractivity contribution in [1.29, 1.82) is 0 Å². The van der Waals surface area contributed by atoms with E-state index < -0.39 is 6.04 Å². The van der Waals surface area contributed by atoms with Gasteiger partial charge in [0.05, 0.1) is 11.0 Å². The molecule has 0 unspecified atom stereocenters. The Balaban J connectivity index is 1.75. The lowest BCUT2D eigenvalue weighted by molar-refractivity contribution is -0.125. The molecule has 1 heterocycles. The van der Waals surface area contributed by atoms with E-state index in [1.54, 1.807) is 43.3 Å². The molecular formula is C18H19FN4O2. The zero-order valence-corrected chi connectivity index (χ0v) is 14.0. The van der Waals surface area contributed by atoms with Crippen molar-refractivity contribution >= 4 is 16.9 Å². The second-order valence-corrected chi connectivity index (χ2v) is 6.10. The summed E-state index contributed by atoms with van der Waals surface area (Å²) in [4.78, 5) is 31.0. The van der Waals surface area contributed by atoms with E-state index in [-0.39, 0.29) is 17.4 Å². The summed E-state index contributed by atoms with van der Waals surface area (Å²) in [5.74, 6) is -0.600. The lowest BCUT2D eigenvalue weighted by Gasteiger charge is -2.24. The summed E-state index contributed by atoms with van der Waals surface area (Å²) in [6.07, 6.45) is 0. The number of nitrogens with one attached hydrogen (secondary N) is 3. The lowest BCUT2D eigenvalue weighted by Crippen LogP contribution is -2.36. The Morgan fingerprint density at radius 3 is 2.64 bits per heavy atom. The van der Waals surface area contributed by atoms with Gasteiger partial charge in [0.25, 0.3) is 0 Å². The second kappa shape index (κ2) is 6.90. The van der Waals surface area contributed by atoms with E-state index >= 15 is 0 Å². The number of aromatic amines is 2. The number of amides is 1. The molecule has 0 fully saturated rings. The number of rotatable bonds is 5. The van der Waals surface area contributed by atoms with Gasteiger partial charge in [0, 0.05) is 6.54 Å². The molecule has 3 N–H and O–H groups in total. The number of halogens is 1. The zero-order chi connectivity index (χ0) is 18.0. The number of fused-ring (bicyclic) bond motifs is 1. The molecule has 0 saturated heterocycles. The molecular weight excluding hydrogens is 323 g/mol. The average Bonchev–Trinajstić information content (AvgIpc) is 2.92. The SMILES string of the molecule is CN(C)[C@H](C(=O)NCc1ccc2[nH]c(=O)[nH]c2c1)c1cccc(F)c1. The van der Waals surface area contributed by atoms with Crippen molar-refractivity contribution in [3.05, 3.63) is 69.9 Å². The van der Waals surface area contributed by atoms with E-state index in [4.69, 9.17) is 0 Å². The third kappa shape index (κ3) is 3.77. The average molecular weight is 342 g/mol. The largest absolute Gasteiger partial charge is 0.350 e. The van der Waals surface area contributed by atoms with E-state index in [1.807, 2.05) is 6.07 Å². The van der Waals surface area contributed by atoms with Crippen molar-refractivity contribution in [3.63, 3.8) is 0 Å². The Morgan fingerprint density at radius 2 is 1.92 bits per heavy atom. The van der Waals surface area contributed by atoms with Crippen molar-refractivity contribution in [2.24, 2.45) is 0 Å². The standard InChI is InChI=1S/C18H19FN4O2/c1-23(2)16(12-4-3-5-13(19)9-12)17(24)20-10-11-6-7-14-15(8-11)22-18(25)21-14/h3-9,16H,10H2,1-2H3,(H,20,24)(H2,21,22,25)/t16-/m0/s1. The molecule has 1 aromatic heterocycles. The minimum atomic E-state index is -0.591. The number of carbonyl (C=O) groups excluding carboxylic acids is 1. The predicted molar refractivity (Wildman–Crippen MR) is 93.6 cm³/mol. The van der Waals surface area contributed by atoms with Gasteiger partial charge in [0.1, 0.15) is 11.9 Å². The highest BCUT2D eigenvalue weighted by atomic mass is 19.1. The van der Waals surface area contributed by atoms with Crippen LogP contribution in [-0.4, -0.2) is 34.9 Å². The van der Waals surface area contributed by atoms with Crippen LogP contribution in [0.15, 0.2) is 47.3 Å². The summed E-state index contributed by atoms with van der Waals surface area (Å²) in [7, 11) is 3.54. The lowest BCUT2D eigenvalue weighted by atomic mass is 10.0. The highest BCUT2D eigenvalue weighted by Crippen LogP contribution is 2.19. The molecule has 0 radical (unpaired) electrons. The van der Waals surface area contributed by atoms with Crippen LogP contribution in [0.5, 0.6) is 0 Å². The van der Waals surface area contributed by atoms with Gasteiger partial charge in [-0.3, -0.25) is 9.69 Å². The molecule has 6 nitrogen and oxygen atoms in total. The van der Waals surface area contributed by atoms with Gasteiger partial charge >= 0.3 is 5.69 Å². The number of likely N-dealkylation sites (N-methyl/N-ethyl adjacent to an activating group) is 1. The number of hydrogen-bond donors (Lipinski definition) is 3. The van der Waals surface area contributed by atoms with Crippen LogP contribution < -0.4 is 11.0 Å². The highest BCUT2D eigenvalue weighted by Gasteiger charge is 2.23. The van der Waals surface area contributed by atoms with Gasteiger partial charge in [-0.05, 0) is 49.5 Å².